The van der Waals surface area contributed by atoms with Gasteiger partial charge in [0.1, 0.15) is 35.5 Å². The number of aromatic nitrogens is 12. The Hall–Kier alpha value is -9.75. The Bertz CT molecular complexity index is 4530. The maximum Gasteiger partial charge on any atom is 0.163 e. The molecule has 2 unspecified atom stereocenters. The molecule has 0 amide bonds. The van der Waals surface area contributed by atoms with E-state index in [1.165, 1.54) is 16.8 Å². The first-order valence-corrected chi connectivity index (χ1v) is 25.7. The highest BCUT2D eigenvalue weighted by molar-refractivity contribution is 6.09. The smallest absolute Gasteiger partial charge is 0.163 e. The fraction of sp³-hybridized carbons (Fsp3) is 0.127. The molecular weight excluding hydrogens is 941 g/mol. The van der Waals surface area contributed by atoms with Crippen molar-refractivity contribution in [1.29, 1.82) is 0 Å². The number of hydrogen-bond donors (Lipinski definition) is 0. The average Bonchev–Trinajstić information content (AvgIpc) is 4.34. The van der Waals surface area contributed by atoms with Crippen LogP contribution in [0.1, 0.15) is 47.1 Å². The van der Waals surface area contributed by atoms with Crippen LogP contribution in [0.2, 0.25) is 0 Å². The average molecular weight is 989 g/mol. The maximum atomic E-state index is 6.68. The number of hydrogen-bond acceptors (Lipinski definition) is 8. The number of fused-ring (bicyclic) bond motifs is 9. The molecule has 0 saturated heterocycles. The van der Waals surface area contributed by atoms with Crippen LogP contribution in [0.4, 0.5) is 0 Å². The molecule has 2 atom stereocenters. The lowest BCUT2D eigenvalue weighted by atomic mass is 9.88. The molecule has 0 spiro atoms. The van der Waals surface area contributed by atoms with E-state index in [1.807, 2.05) is 41.6 Å². The van der Waals surface area contributed by atoms with Gasteiger partial charge in [-0.25, -0.2) is 9.97 Å². The van der Waals surface area contributed by atoms with Gasteiger partial charge in [0.25, 0.3) is 0 Å². The minimum atomic E-state index is -0.149. The van der Waals surface area contributed by atoms with Crippen LogP contribution < -0.4 is 4.74 Å². The largest absolute Gasteiger partial charge is 0.485 e. The lowest BCUT2D eigenvalue weighted by molar-refractivity contribution is 0.269. The molecule has 9 heterocycles. The Balaban J connectivity index is 0.833. The van der Waals surface area contributed by atoms with E-state index in [2.05, 4.69) is 200 Å². The standard InChI is InChI=1S/C63H48N12O/c1-37-17-23-51(73(37)4)45-14-5-6-15-52(45)75-55-25-21-49(40-11-8-13-43(31-40)63-70-66-36-72(63)3)67-60(55)61-56(75)26-22-50(68-61)41-19-27-57-46(33-41)47-34-44(20-28-58(47)76-57)74-53-24-18-39(32-48(53)59-54(74)16-9-29-64-59)38-10-7-12-42(30-38)62-69-65-35-71(62)2/h5-6,8-11,13-36,46,57H,7,12H2,1-4H3. The quantitative estimate of drug-likeness (QED) is 0.147. The van der Waals surface area contributed by atoms with Gasteiger partial charge in [-0.1, -0.05) is 60.7 Å². The minimum Gasteiger partial charge on any atom is -0.485 e. The van der Waals surface area contributed by atoms with Crippen LogP contribution in [0.5, 0.6) is 5.75 Å². The Morgan fingerprint density at radius 2 is 1.39 bits per heavy atom. The van der Waals surface area contributed by atoms with E-state index >= 15 is 0 Å². The number of benzene rings is 4. The fourth-order valence-electron chi connectivity index (χ4n) is 11.8. The first kappa shape index (κ1) is 43.8. The monoisotopic (exact) mass is 988 g/mol. The predicted molar refractivity (Wildman–Crippen MR) is 300 cm³/mol. The first-order valence-electron chi connectivity index (χ1n) is 25.7. The summed E-state index contributed by atoms with van der Waals surface area (Å²) in [7, 11) is 6.07. The van der Waals surface area contributed by atoms with Crippen molar-refractivity contribution in [3.63, 3.8) is 0 Å². The normalized spacial score (nSPS) is 16.1. The van der Waals surface area contributed by atoms with Crippen LogP contribution in [-0.2, 0) is 21.1 Å². The third-order valence-electron chi connectivity index (χ3n) is 15.7. The van der Waals surface area contributed by atoms with E-state index in [4.69, 9.17) is 19.7 Å². The van der Waals surface area contributed by atoms with E-state index in [0.717, 1.165) is 136 Å². The molecule has 4 aromatic carbocycles. The van der Waals surface area contributed by atoms with Gasteiger partial charge in [-0.05, 0) is 145 Å². The van der Waals surface area contributed by atoms with Crippen LogP contribution >= 0.6 is 0 Å². The van der Waals surface area contributed by atoms with Crippen molar-refractivity contribution in [2.45, 2.75) is 31.8 Å². The number of pyridine rings is 3. The zero-order valence-electron chi connectivity index (χ0n) is 42.2. The topological polar surface area (TPSA) is 124 Å². The molecule has 13 nitrogen and oxygen atoms in total. The molecule has 2 aliphatic carbocycles. The number of nitrogens with zero attached hydrogens (tertiary/aromatic N) is 12. The zero-order valence-corrected chi connectivity index (χ0v) is 42.2. The second kappa shape index (κ2) is 16.9. The van der Waals surface area contributed by atoms with Crippen LogP contribution in [0.25, 0.3) is 106 Å². The van der Waals surface area contributed by atoms with Gasteiger partial charge in [0.05, 0.1) is 50.4 Å². The first-order chi connectivity index (χ1) is 37.3. The second-order valence-corrected chi connectivity index (χ2v) is 20.1. The van der Waals surface area contributed by atoms with Gasteiger partial charge in [-0.2, -0.15) is 0 Å². The van der Waals surface area contributed by atoms with Crippen molar-refractivity contribution in [1.82, 2.24) is 58.2 Å². The van der Waals surface area contributed by atoms with Crippen molar-refractivity contribution in [3.05, 3.63) is 211 Å². The van der Waals surface area contributed by atoms with Crippen LogP contribution in [0, 0.1) is 6.92 Å². The summed E-state index contributed by atoms with van der Waals surface area (Å²) < 4.78 is 17.5. The molecule has 12 aromatic rings. The molecular formula is C63H48N12O. The Kier molecular flexibility index (Phi) is 9.74. The summed E-state index contributed by atoms with van der Waals surface area (Å²) in [6.07, 6.45) is 18.3. The Morgan fingerprint density at radius 1 is 0.618 bits per heavy atom. The summed E-state index contributed by atoms with van der Waals surface area (Å²) in [5.41, 5.74) is 21.6. The summed E-state index contributed by atoms with van der Waals surface area (Å²) in [5, 5.41) is 18.2. The minimum absolute atomic E-state index is 0.0358. The molecule has 0 fully saturated rings. The van der Waals surface area contributed by atoms with E-state index in [0.29, 0.717) is 0 Å². The number of rotatable bonds is 8. The van der Waals surface area contributed by atoms with Crippen molar-refractivity contribution in [3.8, 4) is 51.0 Å². The van der Waals surface area contributed by atoms with Crippen LogP contribution in [0.3, 0.4) is 0 Å². The van der Waals surface area contributed by atoms with Crippen LogP contribution in [-0.4, -0.2) is 64.3 Å². The highest BCUT2D eigenvalue weighted by atomic mass is 16.5. The molecule has 1 aliphatic heterocycles. The van der Waals surface area contributed by atoms with Gasteiger partial charge < -0.3 is 27.6 Å². The molecule has 8 aromatic heterocycles. The summed E-state index contributed by atoms with van der Waals surface area (Å²) in [6, 6.07) is 47.5. The Labute approximate surface area is 436 Å². The van der Waals surface area contributed by atoms with Crippen molar-refractivity contribution >= 4 is 60.7 Å². The lowest BCUT2D eigenvalue weighted by Gasteiger charge is -2.19. The number of aryl methyl sites for hydroxylation is 3. The molecule has 15 rings (SSSR count). The van der Waals surface area contributed by atoms with Crippen molar-refractivity contribution in [2.75, 3.05) is 0 Å². The highest BCUT2D eigenvalue weighted by Gasteiger charge is 2.35. The second-order valence-electron chi connectivity index (χ2n) is 20.1. The molecule has 0 radical (unpaired) electrons. The van der Waals surface area contributed by atoms with E-state index in [9.17, 15) is 0 Å². The lowest BCUT2D eigenvalue weighted by Crippen LogP contribution is -2.17. The number of ether oxygens (including phenoxy) is 1. The third kappa shape index (κ3) is 6.81. The molecule has 13 heteroatoms. The summed E-state index contributed by atoms with van der Waals surface area (Å²) in [6.45, 7) is 2.14. The predicted octanol–water partition coefficient (Wildman–Crippen LogP) is 12.7. The van der Waals surface area contributed by atoms with Gasteiger partial charge in [0, 0.05) is 72.3 Å². The van der Waals surface area contributed by atoms with Gasteiger partial charge >= 0.3 is 0 Å². The zero-order chi connectivity index (χ0) is 50.8. The number of allylic oxidation sites excluding steroid dienone is 6. The summed E-state index contributed by atoms with van der Waals surface area (Å²) in [4.78, 5) is 16.0. The van der Waals surface area contributed by atoms with Gasteiger partial charge in [0.15, 0.2) is 11.6 Å². The van der Waals surface area contributed by atoms with Gasteiger partial charge in [-0.15, -0.1) is 20.4 Å². The number of para-hydroxylation sites is 1. The Morgan fingerprint density at radius 3 is 2.21 bits per heavy atom. The molecule has 76 heavy (non-hydrogen) atoms. The molecule has 366 valence electrons. The molecule has 0 saturated carbocycles. The van der Waals surface area contributed by atoms with Crippen molar-refractivity contribution in [2.24, 2.45) is 21.1 Å². The maximum absolute atomic E-state index is 6.68. The third-order valence-corrected chi connectivity index (χ3v) is 15.7. The fourth-order valence-corrected chi connectivity index (χ4v) is 11.8. The van der Waals surface area contributed by atoms with E-state index in [1.54, 1.807) is 12.7 Å². The van der Waals surface area contributed by atoms with E-state index < -0.39 is 0 Å². The summed E-state index contributed by atoms with van der Waals surface area (Å²) >= 11 is 0. The van der Waals surface area contributed by atoms with E-state index in [-0.39, 0.29) is 12.0 Å². The van der Waals surface area contributed by atoms with Crippen LogP contribution in [0.15, 0.2) is 183 Å². The highest BCUT2D eigenvalue weighted by Crippen LogP contribution is 2.46. The molecule has 0 bridgehead atoms. The van der Waals surface area contributed by atoms with Gasteiger partial charge in [-0.3, -0.25) is 4.98 Å². The summed E-state index contributed by atoms with van der Waals surface area (Å²) in [5.74, 6) is 2.55. The van der Waals surface area contributed by atoms with Gasteiger partial charge in [0.2, 0.25) is 0 Å². The molecule has 3 aliphatic rings. The molecule has 0 N–H and O–H groups in total. The SMILES string of the molecule is Cc1ccc(-c2ccccc2-n2c3ccc(C4=CC5c6cc(-n7c8ccc(C9=CCCC(c%10nncn%10C)=C9)cc8c8ncccc87)ccc6OC5C=C4)nc3c3nc(-c4cccc(-c5nncn5C)c4)ccc32)n1C. The van der Waals surface area contributed by atoms with Crippen molar-refractivity contribution < 1.29 is 4.74 Å².